The maximum atomic E-state index is 6.62. The molecule has 0 aliphatic rings. The van der Waals surface area contributed by atoms with Crippen LogP contribution < -0.4 is 4.90 Å². The first kappa shape index (κ1) is 31.7. The Morgan fingerprint density at radius 1 is 0.316 bits per heavy atom. The summed E-state index contributed by atoms with van der Waals surface area (Å²) in [6.45, 7) is 0. The maximum absolute atomic E-state index is 6.62. The van der Waals surface area contributed by atoms with Crippen molar-refractivity contribution >= 4 is 93.3 Å². The fourth-order valence-corrected chi connectivity index (χ4v) is 8.92. The minimum Gasteiger partial charge on any atom is -0.455 e. The van der Waals surface area contributed by atoms with Gasteiger partial charge in [0, 0.05) is 38.3 Å². The van der Waals surface area contributed by atoms with Crippen LogP contribution >= 0.6 is 0 Å². The summed E-state index contributed by atoms with van der Waals surface area (Å²) in [6.07, 6.45) is 0. The van der Waals surface area contributed by atoms with Crippen molar-refractivity contribution in [3.8, 4) is 22.3 Å². The summed E-state index contributed by atoms with van der Waals surface area (Å²) in [6, 6.07) is 71.5. The third-order valence-electron chi connectivity index (χ3n) is 11.7. The third kappa shape index (κ3) is 4.99. The number of benzene rings is 10. The lowest BCUT2D eigenvalue weighted by Gasteiger charge is -2.26. The molecule has 0 unspecified atom stereocenters. The molecular formula is C54H33NO2. The van der Waals surface area contributed by atoms with E-state index in [4.69, 9.17) is 8.83 Å². The average Bonchev–Trinajstić information content (AvgIpc) is 3.86. The van der Waals surface area contributed by atoms with Gasteiger partial charge in [0.15, 0.2) is 5.58 Å². The van der Waals surface area contributed by atoms with Crippen LogP contribution in [-0.2, 0) is 0 Å². The summed E-state index contributed by atoms with van der Waals surface area (Å²) in [5.74, 6) is 0. The van der Waals surface area contributed by atoms with Crippen LogP contribution in [0.1, 0.15) is 0 Å². The highest BCUT2D eigenvalue weighted by atomic mass is 16.3. The lowest BCUT2D eigenvalue weighted by atomic mass is 9.97. The molecule has 57 heavy (non-hydrogen) atoms. The molecule has 0 bridgehead atoms. The highest BCUT2D eigenvalue weighted by Gasteiger charge is 2.21. The van der Waals surface area contributed by atoms with Crippen LogP contribution in [0.2, 0.25) is 0 Å². The van der Waals surface area contributed by atoms with Gasteiger partial charge in [-0.25, -0.2) is 0 Å². The van der Waals surface area contributed by atoms with Gasteiger partial charge in [-0.15, -0.1) is 0 Å². The minimum atomic E-state index is 0.857. The van der Waals surface area contributed by atoms with Gasteiger partial charge in [-0.05, 0) is 104 Å². The SMILES string of the molecule is c1ccc2c(c1)ccc1cc(-c3ccc(N(c4ccc(-c5cccc6oc7c8ccccc8ccc7c56)cc4)c4cccc5c4oc4ccccc45)cc3)ccc12. The summed E-state index contributed by atoms with van der Waals surface area (Å²) in [4.78, 5) is 2.31. The third-order valence-corrected chi connectivity index (χ3v) is 11.7. The molecule has 12 aromatic rings. The number of hydrogen-bond acceptors (Lipinski definition) is 3. The molecular weight excluding hydrogens is 695 g/mol. The molecule has 0 spiro atoms. The second-order valence-corrected chi connectivity index (χ2v) is 14.8. The van der Waals surface area contributed by atoms with Gasteiger partial charge in [-0.2, -0.15) is 0 Å². The van der Waals surface area contributed by atoms with Gasteiger partial charge in [0.2, 0.25) is 0 Å². The molecule has 0 saturated heterocycles. The molecule has 0 saturated carbocycles. The Morgan fingerprint density at radius 2 is 0.877 bits per heavy atom. The number of fused-ring (bicyclic) bond motifs is 11. The quantitative estimate of drug-likeness (QED) is 0.165. The van der Waals surface area contributed by atoms with Crippen LogP contribution in [0.25, 0.3) is 98.4 Å². The van der Waals surface area contributed by atoms with Gasteiger partial charge in [-0.1, -0.05) is 146 Å². The van der Waals surface area contributed by atoms with Gasteiger partial charge in [0.25, 0.3) is 0 Å². The molecule has 2 aromatic heterocycles. The molecule has 0 N–H and O–H groups in total. The first-order valence-electron chi connectivity index (χ1n) is 19.4. The summed E-state index contributed by atoms with van der Waals surface area (Å²) < 4.78 is 13.2. The van der Waals surface area contributed by atoms with E-state index in [1.54, 1.807) is 0 Å². The van der Waals surface area contributed by atoms with E-state index in [0.29, 0.717) is 0 Å². The predicted octanol–water partition coefficient (Wildman–Crippen LogP) is 15.7. The van der Waals surface area contributed by atoms with Crippen LogP contribution in [-0.4, -0.2) is 0 Å². The summed E-state index contributed by atoms with van der Waals surface area (Å²) in [5, 5.41) is 11.8. The Morgan fingerprint density at radius 3 is 1.70 bits per heavy atom. The number of nitrogens with zero attached hydrogens (tertiary/aromatic N) is 1. The van der Waals surface area contributed by atoms with Crippen molar-refractivity contribution in [2.45, 2.75) is 0 Å². The van der Waals surface area contributed by atoms with Gasteiger partial charge in [-0.3, -0.25) is 0 Å². The highest BCUT2D eigenvalue weighted by molar-refractivity contribution is 6.19. The monoisotopic (exact) mass is 727 g/mol. The van der Waals surface area contributed by atoms with Crippen LogP contribution in [0.3, 0.4) is 0 Å². The Hall–Kier alpha value is -7.62. The Balaban J connectivity index is 0.983. The first-order chi connectivity index (χ1) is 28.2. The van der Waals surface area contributed by atoms with Crippen molar-refractivity contribution in [3.63, 3.8) is 0 Å². The molecule has 0 radical (unpaired) electrons. The summed E-state index contributed by atoms with van der Waals surface area (Å²) >= 11 is 0. The molecule has 3 heteroatoms. The molecule has 0 amide bonds. The second-order valence-electron chi connectivity index (χ2n) is 14.8. The van der Waals surface area contributed by atoms with E-state index in [-0.39, 0.29) is 0 Å². The van der Waals surface area contributed by atoms with Crippen molar-refractivity contribution in [3.05, 3.63) is 200 Å². The van der Waals surface area contributed by atoms with E-state index in [9.17, 15) is 0 Å². The maximum Gasteiger partial charge on any atom is 0.159 e. The number of rotatable bonds is 5. The van der Waals surface area contributed by atoms with Gasteiger partial charge < -0.3 is 13.7 Å². The Kier molecular flexibility index (Phi) is 6.93. The predicted molar refractivity (Wildman–Crippen MR) is 239 cm³/mol. The summed E-state index contributed by atoms with van der Waals surface area (Å²) in [5.41, 5.74) is 11.2. The van der Waals surface area contributed by atoms with Crippen LogP contribution in [0.5, 0.6) is 0 Å². The van der Waals surface area contributed by atoms with E-state index in [1.165, 1.54) is 38.1 Å². The van der Waals surface area contributed by atoms with E-state index >= 15 is 0 Å². The molecule has 2 heterocycles. The number of hydrogen-bond donors (Lipinski definition) is 0. The molecule has 0 atom stereocenters. The van der Waals surface area contributed by atoms with Crippen molar-refractivity contribution in [1.82, 2.24) is 0 Å². The van der Waals surface area contributed by atoms with E-state index in [1.807, 2.05) is 12.1 Å². The van der Waals surface area contributed by atoms with Crippen LogP contribution in [0.15, 0.2) is 209 Å². The molecule has 0 aliphatic carbocycles. The smallest absolute Gasteiger partial charge is 0.159 e. The lowest BCUT2D eigenvalue weighted by molar-refractivity contribution is 0.669. The average molecular weight is 728 g/mol. The molecule has 0 fully saturated rings. The van der Waals surface area contributed by atoms with E-state index in [0.717, 1.165) is 77.5 Å². The zero-order valence-electron chi connectivity index (χ0n) is 30.8. The Labute approximate surface area is 328 Å². The lowest BCUT2D eigenvalue weighted by Crippen LogP contribution is -2.10. The largest absolute Gasteiger partial charge is 0.455 e. The highest BCUT2D eigenvalue weighted by Crippen LogP contribution is 2.44. The van der Waals surface area contributed by atoms with Crippen LogP contribution in [0.4, 0.5) is 17.1 Å². The van der Waals surface area contributed by atoms with Crippen LogP contribution in [0, 0.1) is 0 Å². The molecule has 12 rings (SSSR count). The first-order valence-corrected chi connectivity index (χ1v) is 19.4. The number of furan rings is 2. The van der Waals surface area contributed by atoms with E-state index < -0.39 is 0 Å². The molecule has 0 aliphatic heterocycles. The normalized spacial score (nSPS) is 11.9. The van der Waals surface area contributed by atoms with Crippen molar-refractivity contribution < 1.29 is 8.83 Å². The fraction of sp³-hybridized carbons (Fsp3) is 0. The Bertz CT molecular complexity index is 3520. The topological polar surface area (TPSA) is 29.5 Å². The number of anilines is 3. The molecule has 10 aromatic carbocycles. The van der Waals surface area contributed by atoms with Gasteiger partial charge >= 0.3 is 0 Å². The van der Waals surface area contributed by atoms with Crippen molar-refractivity contribution in [2.75, 3.05) is 4.90 Å². The van der Waals surface area contributed by atoms with Gasteiger partial charge in [0.1, 0.15) is 16.7 Å². The second kappa shape index (κ2) is 12.5. The van der Waals surface area contributed by atoms with Gasteiger partial charge in [0.05, 0.1) is 5.69 Å². The fourth-order valence-electron chi connectivity index (χ4n) is 8.92. The minimum absolute atomic E-state index is 0.857. The van der Waals surface area contributed by atoms with Crippen molar-refractivity contribution in [1.29, 1.82) is 0 Å². The zero-order chi connectivity index (χ0) is 37.5. The standard InChI is InChI=1S/C54H33NO2/c1-3-11-42-35(9-1)19-20-39-33-38(26-31-43(39)42)34-21-27-40(28-22-34)55(49-16-7-15-47-46-13-5-6-17-50(46)56-54(47)49)41-29-23-37(24-30-41)44-14-8-18-51-52(44)48-32-25-36-10-2-4-12-45(36)53(48)57-51/h1-33H. The number of para-hydroxylation sites is 2. The summed E-state index contributed by atoms with van der Waals surface area (Å²) in [7, 11) is 0. The van der Waals surface area contributed by atoms with Crippen molar-refractivity contribution in [2.24, 2.45) is 0 Å². The van der Waals surface area contributed by atoms with E-state index in [2.05, 4.69) is 193 Å². The molecule has 266 valence electrons. The molecule has 3 nitrogen and oxygen atoms in total. The zero-order valence-corrected chi connectivity index (χ0v) is 30.8.